The van der Waals surface area contributed by atoms with Gasteiger partial charge >= 0.3 is 0 Å². The van der Waals surface area contributed by atoms with Gasteiger partial charge in [-0.2, -0.15) is 0 Å². The fraction of sp³-hybridized carbons (Fsp3) is 0.269. The Hall–Kier alpha value is -3.32. The van der Waals surface area contributed by atoms with Crippen LogP contribution in [0.15, 0.2) is 77.7 Å². The van der Waals surface area contributed by atoms with Crippen molar-refractivity contribution in [1.82, 2.24) is 0 Å². The van der Waals surface area contributed by atoms with E-state index in [1.807, 2.05) is 44.2 Å². The number of rotatable bonds is 7. The van der Waals surface area contributed by atoms with Crippen LogP contribution >= 0.6 is 0 Å². The highest BCUT2D eigenvalue weighted by Crippen LogP contribution is 2.26. The normalized spacial score (nSPS) is 13.7. The molecule has 6 nitrogen and oxygen atoms in total. The van der Waals surface area contributed by atoms with E-state index in [0.717, 1.165) is 29.9 Å². The standard InChI is InChI=1S/C26H29N3O3S/c1-20-16-21(2)18-24(17-20)29(33(31,32)25-8-4-3-5-9-25)19-26(30)27-22-10-12-23(13-11-22)28-14-6-7-15-28/h3-5,8-13,16-18H,6-7,14-15,19H2,1-2H3,(H,27,30). The minimum Gasteiger partial charge on any atom is -0.372 e. The summed E-state index contributed by atoms with van der Waals surface area (Å²) in [5.74, 6) is -0.400. The Morgan fingerprint density at radius 2 is 1.52 bits per heavy atom. The van der Waals surface area contributed by atoms with Gasteiger partial charge in [-0.15, -0.1) is 0 Å². The Bertz CT molecular complexity index is 1200. The maximum absolute atomic E-state index is 13.5. The number of amides is 1. The van der Waals surface area contributed by atoms with Gasteiger partial charge in [-0.1, -0.05) is 24.3 Å². The topological polar surface area (TPSA) is 69.7 Å². The molecule has 1 amide bonds. The summed E-state index contributed by atoms with van der Waals surface area (Å²) in [6, 6.07) is 21.4. The molecule has 0 bridgehead atoms. The first-order valence-corrected chi connectivity index (χ1v) is 12.6. The summed E-state index contributed by atoms with van der Waals surface area (Å²) in [6.45, 7) is 5.59. The zero-order valence-corrected chi connectivity index (χ0v) is 19.8. The van der Waals surface area contributed by atoms with E-state index in [0.29, 0.717) is 11.4 Å². The molecule has 0 aliphatic carbocycles. The van der Waals surface area contributed by atoms with Crippen molar-refractivity contribution >= 4 is 33.0 Å². The molecule has 1 aliphatic heterocycles. The third-order valence-corrected chi connectivity index (χ3v) is 7.52. The van der Waals surface area contributed by atoms with E-state index < -0.39 is 15.9 Å². The maximum atomic E-state index is 13.5. The Morgan fingerprint density at radius 1 is 0.909 bits per heavy atom. The molecule has 1 aliphatic rings. The lowest BCUT2D eigenvalue weighted by molar-refractivity contribution is -0.114. The van der Waals surface area contributed by atoms with Gasteiger partial charge in [-0.25, -0.2) is 8.42 Å². The number of hydrogen-bond acceptors (Lipinski definition) is 4. The van der Waals surface area contributed by atoms with Gasteiger partial charge in [0.2, 0.25) is 5.91 Å². The average Bonchev–Trinajstić information content (AvgIpc) is 3.33. The van der Waals surface area contributed by atoms with E-state index in [4.69, 9.17) is 0 Å². The van der Waals surface area contributed by atoms with Crippen LogP contribution in [0, 0.1) is 13.8 Å². The highest BCUT2D eigenvalue weighted by atomic mass is 32.2. The zero-order valence-electron chi connectivity index (χ0n) is 19.0. The third kappa shape index (κ3) is 5.37. The van der Waals surface area contributed by atoms with Gasteiger partial charge in [-0.3, -0.25) is 9.10 Å². The molecule has 7 heteroatoms. The highest BCUT2D eigenvalue weighted by molar-refractivity contribution is 7.92. The summed E-state index contributed by atoms with van der Waals surface area (Å²) >= 11 is 0. The van der Waals surface area contributed by atoms with Crippen LogP contribution in [0.5, 0.6) is 0 Å². The molecule has 1 saturated heterocycles. The number of carbonyl (C=O) groups is 1. The Kier molecular flexibility index (Phi) is 6.70. The summed E-state index contributed by atoms with van der Waals surface area (Å²) in [4.78, 5) is 15.4. The van der Waals surface area contributed by atoms with Gasteiger partial charge in [-0.05, 0) is 86.3 Å². The van der Waals surface area contributed by atoms with Crippen molar-refractivity contribution in [3.63, 3.8) is 0 Å². The van der Waals surface area contributed by atoms with Crippen molar-refractivity contribution in [3.05, 3.63) is 83.9 Å². The lowest BCUT2D eigenvalue weighted by Crippen LogP contribution is -2.38. The van der Waals surface area contributed by atoms with E-state index >= 15 is 0 Å². The summed E-state index contributed by atoms with van der Waals surface area (Å²) < 4.78 is 28.1. The molecule has 0 unspecified atom stereocenters. The van der Waals surface area contributed by atoms with Crippen molar-refractivity contribution in [1.29, 1.82) is 0 Å². The second-order valence-corrected chi connectivity index (χ2v) is 10.3. The zero-order chi connectivity index (χ0) is 23.4. The first kappa shape index (κ1) is 22.9. The van der Waals surface area contributed by atoms with Gasteiger partial charge in [0.05, 0.1) is 10.6 Å². The number of anilines is 3. The number of benzene rings is 3. The highest BCUT2D eigenvalue weighted by Gasteiger charge is 2.27. The second-order valence-electron chi connectivity index (χ2n) is 8.46. The third-order valence-electron chi connectivity index (χ3n) is 5.74. The Labute approximate surface area is 195 Å². The van der Waals surface area contributed by atoms with Crippen LogP contribution in [0.2, 0.25) is 0 Å². The van der Waals surface area contributed by atoms with E-state index in [1.165, 1.54) is 17.1 Å². The molecule has 3 aromatic rings. The molecule has 1 N–H and O–H groups in total. The maximum Gasteiger partial charge on any atom is 0.264 e. The fourth-order valence-corrected chi connectivity index (χ4v) is 5.62. The first-order chi connectivity index (χ1) is 15.8. The van der Waals surface area contributed by atoms with Gasteiger partial charge in [0.25, 0.3) is 10.0 Å². The molecule has 0 spiro atoms. The summed E-state index contributed by atoms with van der Waals surface area (Å²) in [6.07, 6.45) is 2.39. The van der Waals surface area contributed by atoms with Crippen LogP contribution in [-0.2, 0) is 14.8 Å². The van der Waals surface area contributed by atoms with Crippen LogP contribution in [0.3, 0.4) is 0 Å². The molecule has 0 saturated carbocycles. The summed E-state index contributed by atoms with van der Waals surface area (Å²) in [7, 11) is -3.93. The van der Waals surface area contributed by atoms with Crippen molar-refractivity contribution in [2.24, 2.45) is 0 Å². The molecule has 1 fully saturated rings. The second kappa shape index (κ2) is 9.67. The molecular weight excluding hydrogens is 434 g/mol. The van der Waals surface area contributed by atoms with Gasteiger partial charge < -0.3 is 10.2 Å². The van der Waals surface area contributed by atoms with Crippen LogP contribution in [0.4, 0.5) is 17.1 Å². The molecule has 0 aromatic heterocycles. The van der Waals surface area contributed by atoms with Crippen molar-refractivity contribution in [2.45, 2.75) is 31.6 Å². The SMILES string of the molecule is Cc1cc(C)cc(N(CC(=O)Nc2ccc(N3CCCC3)cc2)S(=O)(=O)c2ccccc2)c1. The lowest BCUT2D eigenvalue weighted by Gasteiger charge is -2.25. The lowest BCUT2D eigenvalue weighted by atomic mass is 10.1. The predicted octanol–water partition coefficient (Wildman–Crippen LogP) is 4.74. The molecule has 0 atom stereocenters. The molecule has 33 heavy (non-hydrogen) atoms. The Balaban J connectivity index is 1.57. The fourth-order valence-electron chi connectivity index (χ4n) is 4.19. The monoisotopic (exact) mass is 463 g/mol. The molecular formula is C26H29N3O3S. The average molecular weight is 464 g/mol. The van der Waals surface area contributed by atoms with Crippen molar-refractivity contribution < 1.29 is 13.2 Å². The number of hydrogen-bond donors (Lipinski definition) is 1. The van der Waals surface area contributed by atoms with Crippen molar-refractivity contribution in [3.8, 4) is 0 Å². The van der Waals surface area contributed by atoms with E-state index in [2.05, 4.69) is 10.2 Å². The minimum absolute atomic E-state index is 0.145. The van der Waals surface area contributed by atoms with E-state index in [1.54, 1.807) is 42.5 Å². The van der Waals surface area contributed by atoms with Gasteiger partial charge in [0, 0.05) is 24.5 Å². The van der Waals surface area contributed by atoms with Crippen LogP contribution in [0.1, 0.15) is 24.0 Å². The molecule has 0 radical (unpaired) electrons. The van der Waals surface area contributed by atoms with Crippen molar-refractivity contribution in [2.75, 3.05) is 34.2 Å². The quantitative estimate of drug-likeness (QED) is 0.550. The van der Waals surface area contributed by atoms with Crippen LogP contribution in [-0.4, -0.2) is 34.0 Å². The summed E-state index contributed by atoms with van der Waals surface area (Å²) in [5, 5.41) is 2.85. The number of aryl methyl sites for hydroxylation is 2. The molecule has 1 heterocycles. The number of nitrogens with one attached hydrogen (secondary N) is 1. The largest absolute Gasteiger partial charge is 0.372 e. The summed E-state index contributed by atoms with van der Waals surface area (Å²) in [5.41, 5.74) is 4.10. The van der Waals surface area contributed by atoms with Gasteiger partial charge in [0.15, 0.2) is 0 Å². The number of carbonyl (C=O) groups excluding carboxylic acids is 1. The Morgan fingerprint density at radius 3 is 2.12 bits per heavy atom. The number of nitrogens with zero attached hydrogens (tertiary/aromatic N) is 2. The van der Waals surface area contributed by atoms with Crippen LogP contribution < -0.4 is 14.5 Å². The molecule has 3 aromatic carbocycles. The van der Waals surface area contributed by atoms with E-state index in [-0.39, 0.29) is 11.4 Å². The van der Waals surface area contributed by atoms with Crippen LogP contribution in [0.25, 0.3) is 0 Å². The first-order valence-electron chi connectivity index (χ1n) is 11.1. The smallest absolute Gasteiger partial charge is 0.264 e. The predicted molar refractivity (Wildman–Crippen MR) is 133 cm³/mol. The van der Waals surface area contributed by atoms with Gasteiger partial charge in [0.1, 0.15) is 6.54 Å². The molecule has 172 valence electrons. The minimum atomic E-state index is -3.93. The number of sulfonamides is 1. The molecule has 4 rings (SSSR count). The van der Waals surface area contributed by atoms with E-state index in [9.17, 15) is 13.2 Å².